The summed E-state index contributed by atoms with van der Waals surface area (Å²) < 4.78 is 7.35. The first-order valence-electron chi connectivity index (χ1n) is 30.5. The van der Waals surface area contributed by atoms with Crippen molar-refractivity contribution in [3.8, 4) is 0 Å². The SMILES string of the molecule is CC1=C(c2c(C)n(C)c(=O)[nH]c2=O)C(=O)N(C)C1=O.CC1=C(c2nc3c(=O)[nH]cnc3n2C)C(=O)N(C)C1=O.CNc1nc(=O)n(C)c(C)c1C1=C(C)C(=O)N(C)C1=O.CNc1nc2c(nc(C3=C(C)C(=O)N(C)C3=O)n2C)c(=O)[nH]1.CNc1ncnc2c1nc(C1=C(C)C(=O)N(C)C1=O)n2C. The second-order valence-electron chi connectivity index (χ2n) is 23.5. The predicted octanol–water partition coefficient (Wildman–Crippen LogP) is -1.87. The fraction of sp³-hybridized carbons (Fsp3) is 0.317. The number of carbonyl (C=O) groups is 10. The number of aromatic nitrogens is 16. The third kappa shape index (κ3) is 11.7. The van der Waals surface area contributed by atoms with Gasteiger partial charge in [-0.15, -0.1) is 0 Å². The second kappa shape index (κ2) is 27.1. The molecule has 8 aromatic heterocycles. The number of hydrogen-bond acceptors (Lipinski definition) is 26. The van der Waals surface area contributed by atoms with Gasteiger partial charge in [0.1, 0.15) is 29.6 Å². The van der Waals surface area contributed by atoms with E-state index in [1.807, 2.05) is 0 Å². The summed E-state index contributed by atoms with van der Waals surface area (Å²) in [7, 11) is 20.2. The topological polar surface area (TPSA) is 483 Å². The summed E-state index contributed by atoms with van der Waals surface area (Å²) >= 11 is 0. The summed E-state index contributed by atoms with van der Waals surface area (Å²) in [6.07, 6.45) is 2.69. The standard InChI is InChI=1S/C13H14N6O3.C13H14N6O2.C13H16N4O3.C12H11N5O3.C12H13N3O4/c1-5-6(12(22)19(4)11(5)21)8-15-7-9(18(8)3)16-13(14-2)17-10(7)20;1-6-7(13(21)19(4)12(6)20)10-17-8-9(14-2)15-5-16-11(8)18(10)3;1-6-8(12(19)17(5)11(6)18)9-7(2)16(4)13(20)15-10(9)14-3;1-5-6(12(20)17(3)11(5)19)8-15-7-9(16(8)2)13-4-14-10(7)18;1-5-7(11(18)15(4)10(5)17)8-6(2)14(3)12(19)13-9(8)16/h1-4H3,(H2,14,16,17,20);5H,1-4H3,(H,14,15,16);1-5H3,(H,14,15,20);4H,1-3H3,(H,13,14,18);1-4H3,(H,13,16,19). The number of imide groups is 5. The van der Waals surface area contributed by atoms with Crippen molar-refractivity contribution in [1.82, 2.24) is 102 Å². The Hall–Kier alpha value is -13.4. The number of imidazole rings is 3. The third-order valence-corrected chi connectivity index (χ3v) is 17.7. The number of aryl methyl sites for hydroxylation is 3. The quantitative estimate of drug-likeness (QED) is 0.0908. The largest absolute Gasteiger partial charge is 0.372 e. The molecule has 530 valence electrons. The van der Waals surface area contributed by atoms with Gasteiger partial charge in [-0.3, -0.25) is 101 Å². The predicted molar refractivity (Wildman–Crippen MR) is 366 cm³/mol. The van der Waals surface area contributed by atoms with Gasteiger partial charge in [0.15, 0.2) is 39.3 Å². The molecule has 5 aliphatic heterocycles. The first kappa shape index (κ1) is 72.9. The van der Waals surface area contributed by atoms with Crippen LogP contribution in [-0.2, 0) is 83.2 Å². The molecule has 0 aromatic carbocycles. The zero-order valence-electron chi connectivity index (χ0n) is 58.8. The van der Waals surface area contributed by atoms with E-state index in [-0.39, 0.29) is 91.5 Å². The maximum Gasteiger partial charge on any atom is 0.349 e. The zero-order valence-corrected chi connectivity index (χ0v) is 58.8. The van der Waals surface area contributed by atoms with Crippen LogP contribution < -0.4 is 44.0 Å². The van der Waals surface area contributed by atoms with Gasteiger partial charge in [0, 0.05) is 136 Å². The van der Waals surface area contributed by atoms with E-state index in [2.05, 4.69) is 70.8 Å². The number of H-pyrrole nitrogens is 3. The van der Waals surface area contributed by atoms with Gasteiger partial charge in [-0.2, -0.15) is 9.97 Å². The Morgan fingerprint density at radius 3 is 1.10 bits per heavy atom. The highest BCUT2D eigenvalue weighted by atomic mass is 16.2. The van der Waals surface area contributed by atoms with Crippen molar-refractivity contribution in [3.63, 3.8) is 0 Å². The first-order chi connectivity index (χ1) is 47.8. The van der Waals surface area contributed by atoms with Gasteiger partial charge >= 0.3 is 11.4 Å². The Morgan fingerprint density at radius 1 is 0.333 bits per heavy atom. The molecule has 0 bridgehead atoms. The van der Waals surface area contributed by atoms with Crippen LogP contribution in [0, 0.1) is 13.8 Å². The van der Waals surface area contributed by atoms with E-state index in [0.29, 0.717) is 96.3 Å². The first-order valence-corrected chi connectivity index (χ1v) is 30.5. The molecule has 39 nitrogen and oxygen atoms in total. The van der Waals surface area contributed by atoms with E-state index < -0.39 is 46.1 Å². The molecular weight excluding hydrogens is 1330 g/mol. The fourth-order valence-electron chi connectivity index (χ4n) is 11.5. The van der Waals surface area contributed by atoms with Crippen molar-refractivity contribution in [3.05, 3.63) is 133 Å². The van der Waals surface area contributed by atoms with Crippen molar-refractivity contribution in [2.24, 2.45) is 35.2 Å². The van der Waals surface area contributed by atoms with Crippen LogP contribution in [-0.4, -0.2) is 218 Å². The Bertz CT molecular complexity index is 5660. The lowest BCUT2D eigenvalue weighted by molar-refractivity contribution is -0.136. The Labute approximate surface area is 574 Å². The minimum absolute atomic E-state index is 0.0573. The lowest BCUT2D eigenvalue weighted by Crippen LogP contribution is -2.34. The number of carbonyl (C=O) groups excluding carboxylic acids is 10. The minimum Gasteiger partial charge on any atom is -0.372 e. The molecule has 39 heteroatoms. The molecule has 10 amide bonds. The summed E-state index contributed by atoms with van der Waals surface area (Å²) in [4.78, 5) is 225. The van der Waals surface area contributed by atoms with E-state index in [9.17, 15) is 71.9 Å². The van der Waals surface area contributed by atoms with Gasteiger partial charge in [-0.1, -0.05) is 0 Å². The average molecular weight is 1400 g/mol. The van der Waals surface area contributed by atoms with E-state index >= 15 is 0 Å². The minimum atomic E-state index is -0.661. The molecule has 5 aliphatic rings. The number of amides is 10. The molecule has 0 atom stereocenters. The van der Waals surface area contributed by atoms with Gasteiger partial charge in [0.05, 0.1) is 39.8 Å². The van der Waals surface area contributed by atoms with E-state index in [0.717, 1.165) is 24.5 Å². The molecule has 6 N–H and O–H groups in total. The molecule has 13 rings (SSSR count). The highest BCUT2D eigenvalue weighted by Crippen LogP contribution is 2.35. The summed E-state index contributed by atoms with van der Waals surface area (Å²) in [6, 6.07) is 0. The number of aromatic amines is 3. The van der Waals surface area contributed by atoms with Crippen LogP contribution >= 0.6 is 0 Å². The van der Waals surface area contributed by atoms with Crippen LogP contribution in [0.2, 0.25) is 0 Å². The van der Waals surface area contributed by atoms with E-state index in [1.54, 1.807) is 95.4 Å². The average Bonchev–Trinajstić information content (AvgIpc) is 1.60. The molecule has 0 saturated heterocycles. The number of hydrogen-bond donors (Lipinski definition) is 6. The Balaban J connectivity index is 0.000000148. The van der Waals surface area contributed by atoms with E-state index in [1.165, 1.54) is 80.1 Å². The van der Waals surface area contributed by atoms with Crippen molar-refractivity contribution in [1.29, 1.82) is 0 Å². The number of anilines is 3. The maximum absolute atomic E-state index is 12.3. The highest BCUT2D eigenvalue weighted by molar-refractivity contribution is 6.38. The van der Waals surface area contributed by atoms with Crippen molar-refractivity contribution in [2.45, 2.75) is 48.5 Å². The Morgan fingerprint density at radius 2 is 0.706 bits per heavy atom. The number of fused-ring (bicyclic) bond motifs is 3. The van der Waals surface area contributed by atoms with Crippen LogP contribution in [0.15, 0.2) is 64.5 Å². The van der Waals surface area contributed by atoms with Gasteiger partial charge in [0.2, 0.25) is 5.95 Å². The maximum atomic E-state index is 12.3. The molecule has 0 fully saturated rings. The van der Waals surface area contributed by atoms with Crippen LogP contribution in [0.1, 0.15) is 74.6 Å². The monoisotopic (exact) mass is 1400 g/mol. The summed E-state index contributed by atoms with van der Waals surface area (Å²) in [6.45, 7) is 11.1. The zero-order chi connectivity index (χ0) is 75.8. The molecular formula is C63H68N24O15. The second-order valence-corrected chi connectivity index (χ2v) is 23.5. The van der Waals surface area contributed by atoms with Crippen LogP contribution in [0.3, 0.4) is 0 Å². The van der Waals surface area contributed by atoms with E-state index in [4.69, 9.17) is 0 Å². The van der Waals surface area contributed by atoms with Crippen molar-refractivity contribution < 1.29 is 47.9 Å². The summed E-state index contributed by atoms with van der Waals surface area (Å²) in [5.74, 6) is -1.83. The van der Waals surface area contributed by atoms with Gasteiger partial charge in [-0.25, -0.2) is 39.5 Å². The van der Waals surface area contributed by atoms with Crippen molar-refractivity contribution >= 4 is 138 Å². The smallest absolute Gasteiger partial charge is 0.349 e. The highest BCUT2D eigenvalue weighted by Gasteiger charge is 2.41. The molecule has 102 heavy (non-hydrogen) atoms. The van der Waals surface area contributed by atoms with Gasteiger partial charge in [-0.05, 0) is 48.5 Å². The summed E-state index contributed by atoms with van der Waals surface area (Å²) in [5.41, 5.74) is 3.79. The lowest BCUT2D eigenvalue weighted by atomic mass is 10.0. The van der Waals surface area contributed by atoms with Gasteiger partial charge in [0.25, 0.3) is 75.7 Å². The molecule has 13 heterocycles. The number of likely N-dealkylation sites (N-methyl/N-ethyl adjacent to an activating group) is 5. The number of nitrogens with one attached hydrogen (secondary N) is 6. The Kier molecular flexibility index (Phi) is 19.4. The molecule has 0 radical (unpaired) electrons. The molecule has 0 saturated carbocycles. The van der Waals surface area contributed by atoms with Crippen LogP contribution in [0.25, 0.3) is 61.4 Å². The van der Waals surface area contributed by atoms with Crippen LogP contribution in [0.4, 0.5) is 17.6 Å². The third-order valence-electron chi connectivity index (χ3n) is 17.7. The molecule has 8 aromatic rings. The lowest BCUT2D eigenvalue weighted by Gasteiger charge is -2.15. The van der Waals surface area contributed by atoms with Crippen LogP contribution in [0.5, 0.6) is 0 Å². The number of nitrogens with zero attached hydrogens (tertiary/aromatic N) is 18. The fourth-order valence-corrected chi connectivity index (χ4v) is 11.5. The normalized spacial score (nSPS) is 15.5. The molecule has 0 spiro atoms. The molecule has 0 unspecified atom stereocenters. The summed E-state index contributed by atoms with van der Waals surface area (Å²) in [5, 5.41) is 8.50. The molecule has 0 aliphatic carbocycles. The van der Waals surface area contributed by atoms with Gasteiger partial charge < -0.3 is 39.2 Å². The van der Waals surface area contributed by atoms with Crippen molar-refractivity contribution in [2.75, 3.05) is 72.3 Å². The number of rotatable bonds is 8.